The number of nitrogens with zero attached hydrogens (tertiary/aromatic N) is 2. The van der Waals surface area contributed by atoms with E-state index in [9.17, 15) is 9.90 Å². The maximum absolute atomic E-state index is 11.6. The van der Waals surface area contributed by atoms with Crippen LogP contribution in [0, 0.1) is 6.92 Å². The van der Waals surface area contributed by atoms with Gasteiger partial charge in [-0.25, -0.2) is 9.97 Å². The number of thioether (sulfide) groups is 1. The molecule has 1 heterocycles. The first kappa shape index (κ1) is 14.5. The van der Waals surface area contributed by atoms with Crippen molar-refractivity contribution in [2.75, 3.05) is 0 Å². The molecule has 2 aromatic carbocycles. The lowest BCUT2D eigenvalue weighted by Gasteiger charge is -2.12. The molecule has 1 N–H and O–H groups in total. The standard InChI is InChI=1S/C17H14N2O2S/c1-11-13-9-5-6-10-14(13)19-17(18-11)22-15(16(20)21)12-7-3-2-4-8-12/h2-10,15H,1H3,(H,20,21)/t15-/m1/s1. The van der Waals surface area contributed by atoms with Crippen LogP contribution in [0.2, 0.25) is 0 Å². The summed E-state index contributed by atoms with van der Waals surface area (Å²) in [5.74, 6) is -0.898. The van der Waals surface area contributed by atoms with E-state index >= 15 is 0 Å². The SMILES string of the molecule is Cc1nc(S[C@@H](C(=O)O)c2ccccc2)nc2ccccc12. The van der Waals surface area contributed by atoms with Gasteiger partial charge in [-0.15, -0.1) is 0 Å². The molecular weight excluding hydrogens is 296 g/mol. The number of carboxylic acid groups (broad SMARTS) is 1. The second kappa shape index (κ2) is 6.15. The zero-order valence-electron chi connectivity index (χ0n) is 11.9. The van der Waals surface area contributed by atoms with E-state index in [0.29, 0.717) is 5.16 Å². The molecule has 3 aromatic rings. The van der Waals surface area contributed by atoms with E-state index in [-0.39, 0.29) is 0 Å². The highest BCUT2D eigenvalue weighted by atomic mass is 32.2. The number of rotatable bonds is 4. The minimum atomic E-state index is -0.898. The molecular formula is C17H14N2O2S. The van der Waals surface area contributed by atoms with E-state index < -0.39 is 11.2 Å². The van der Waals surface area contributed by atoms with Gasteiger partial charge in [-0.1, -0.05) is 60.3 Å². The van der Waals surface area contributed by atoms with Crippen molar-refractivity contribution < 1.29 is 9.90 Å². The van der Waals surface area contributed by atoms with Crippen LogP contribution in [0.4, 0.5) is 0 Å². The lowest BCUT2D eigenvalue weighted by molar-refractivity contribution is -0.136. The molecule has 110 valence electrons. The molecule has 22 heavy (non-hydrogen) atoms. The molecule has 0 bridgehead atoms. The molecule has 1 aromatic heterocycles. The van der Waals surface area contributed by atoms with Crippen LogP contribution in [-0.4, -0.2) is 21.0 Å². The Morgan fingerprint density at radius 2 is 1.73 bits per heavy atom. The molecule has 0 unspecified atom stereocenters. The molecule has 0 aliphatic heterocycles. The van der Waals surface area contributed by atoms with Crippen LogP contribution in [0.15, 0.2) is 59.8 Å². The minimum absolute atomic E-state index is 0.479. The van der Waals surface area contributed by atoms with Gasteiger partial charge in [-0.3, -0.25) is 4.79 Å². The molecule has 5 heteroatoms. The number of benzene rings is 2. The van der Waals surface area contributed by atoms with Crippen molar-refractivity contribution in [3.05, 3.63) is 65.9 Å². The Bertz CT molecular complexity index is 821. The normalized spacial score (nSPS) is 12.2. The third-order valence-electron chi connectivity index (χ3n) is 3.32. The first-order chi connectivity index (χ1) is 10.6. The molecule has 0 aliphatic rings. The van der Waals surface area contributed by atoms with Gasteiger partial charge in [0.25, 0.3) is 0 Å². The highest BCUT2D eigenvalue weighted by molar-refractivity contribution is 8.00. The van der Waals surface area contributed by atoms with Crippen LogP contribution < -0.4 is 0 Å². The van der Waals surface area contributed by atoms with Gasteiger partial charge in [0.1, 0.15) is 5.25 Å². The predicted octanol–water partition coefficient (Wildman–Crippen LogP) is 3.86. The topological polar surface area (TPSA) is 63.1 Å². The van der Waals surface area contributed by atoms with Crippen LogP contribution >= 0.6 is 11.8 Å². The monoisotopic (exact) mass is 310 g/mol. The average Bonchev–Trinajstić information content (AvgIpc) is 2.53. The van der Waals surface area contributed by atoms with Gasteiger partial charge in [0.2, 0.25) is 0 Å². The van der Waals surface area contributed by atoms with Crippen molar-refractivity contribution in [3.8, 4) is 0 Å². The van der Waals surface area contributed by atoms with Gasteiger partial charge < -0.3 is 5.11 Å². The smallest absolute Gasteiger partial charge is 0.321 e. The van der Waals surface area contributed by atoms with Gasteiger partial charge in [0.15, 0.2) is 5.16 Å². The van der Waals surface area contributed by atoms with Crippen LogP contribution in [0.25, 0.3) is 10.9 Å². The van der Waals surface area contributed by atoms with Gasteiger partial charge in [0, 0.05) is 11.1 Å². The summed E-state index contributed by atoms with van der Waals surface area (Å²) in [6.45, 7) is 1.91. The van der Waals surface area contributed by atoms with Crippen molar-refractivity contribution in [2.24, 2.45) is 0 Å². The average molecular weight is 310 g/mol. The van der Waals surface area contributed by atoms with E-state index in [1.54, 1.807) is 12.1 Å². The van der Waals surface area contributed by atoms with Crippen LogP contribution in [0.5, 0.6) is 0 Å². The molecule has 1 atom stereocenters. The molecule has 0 aliphatic carbocycles. The number of hydrogen-bond acceptors (Lipinski definition) is 4. The number of aryl methyl sites for hydroxylation is 1. The Morgan fingerprint density at radius 3 is 2.45 bits per heavy atom. The fraction of sp³-hybridized carbons (Fsp3) is 0.118. The first-order valence-electron chi connectivity index (χ1n) is 6.83. The van der Waals surface area contributed by atoms with E-state index in [4.69, 9.17) is 0 Å². The van der Waals surface area contributed by atoms with Gasteiger partial charge in [-0.05, 0) is 18.6 Å². The summed E-state index contributed by atoms with van der Waals surface area (Å²) >= 11 is 1.16. The summed E-state index contributed by atoms with van der Waals surface area (Å²) in [6, 6.07) is 16.9. The van der Waals surface area contributed by atoms with Crippen molar-refractivity contribution in [2.45, 2.75) is 17.3 Å². The summed E-state index contributed by atoms with van der Waals surface area (Å²) in [6.07, 6.45) is 0. The zero-order valence-corrected chi connectivity index (χ0v) is 12.7. The Balaban J connectivity index is 1.98. The Labute approximate surface area is 132 Å². The maximum Gasteiger partial charge on any atom is 0.321 e. The molecule has 4 nitrogen and oxygen atoms in total. The Hall–Kier alpha value is -2.40. The second-order valence-electron chi connectivity index (χ2n) is 4.86. The Kier molecular flexibility index (Phi) is 4.06. The first-order valence-corrected chi connectivity index (χ1v) is 7.71. The molecule has 3 rings (SSSR count). The fourth-order valence-electron chi connectivity index (χ4n) is 2.26. The summed E-state index contributed by atoms with van der Waals surface area (Å²) in [7, 11) is 0. The number of carbonyl (C=O) groups is 1. The third kappa shape index (κ3) is 2.94. The summed E-state index contributed by atoms with van der Waals surface area (Å²) in [4.78, 5) is 20.5. The maximum atomic E-state index is 11.6. The summed E-state index contributed by atoms with van der Waals surface area (Å²) < 4.78 is 0. The molecule has 0 fully saturated rings. The van der Waals surface area contributed by atoms with E-state index in [1.807, 2.05) is 49.4 Å². The van der Waals surface area contributed by atoms with Gasteiger partial charge in [0.05, 0.1) is 5.52 Å². The minimum Gasteiger partial charge on any atom is -0.480 e. The summed E-state index contributed by atoms with van der Waals surface area (Å²) in [5.41, 5.74) is 2.41. The molecule has 0 spiro atoms. The number of fused-ring (bicyclic) bond motifs is 1. The summed E-state index contributed by atoms with van der Waals surface area (Å²) in [5, 5.41) is 10.2. The lowest BCUT2D eigenvalue weighted by Crippen LogP contribution is -2.09. The molecule has 0 radical (unpaired) electrons. The van der Waals surface area contributed by atoms with E-state index in [2.05, 4.69) is 9.97 Å². The van der Waals surface area contributed by atoms with Crippen molar-refractivity contribution >= 4 is 28.6 Å². The fourth-order valence-corrected chi connectivity index (χ4v) is 3.20. The highest BCUT2D eigenvalue weighted by Crippen LogP contribution is 2.34. The quantitative estimate of drug-likeness (QED) is 0.585. The largest absolute Gasteiger partial charge is 0.480 e. The number of aromatic nitrogens is 2. The van der Waals surface area contributed by atoms with Crippen LogP contribution in [0.1, 0.15) is 16.5 Å². The lowest BCUT2D eigenvalue weighted by atomic mass is 10.1. The van der Waals surface area contributed by atoms with E-state index in [1.165, 1.54) is 0 Å². The van der Waals surface area contributed by atoms with Crippen molar-refractivity contribution in [1.82, 2.24) is 9.97 Å². The van der Waals surface area contributed by atoms with Crippen molar-refractivity contribution in [1.29, 1.82) is 0 Å². The molecule has 0 amide bonds. The van der Waals surface area contributed by atoms with Gasteiger partial charge >= 0.3 is 5.97 Å². The molecule has 0 saturated heterocycles. The number of hydrogen-bond donors (Lipinski definition) is 1. The number of para-hydroxylation sites is 1. The van der Waals surface area contributed by atoms with Crippen molar-refractivity contribution in [3.63, 3.8) is 0 Å². The second-order valence-corrected chi connectivity index (χ2v) is 5.93. The third-order valence-corrected chi connectivity index (χ3v) is 4.43. The number of carboxylic acids is 1. The zero-order chi connectivity index (χ0) is 15.5. The highest BCUT2D eigenvalue weighted by Gasteiger charge is 2.22. The number of aliphatic carboxylic acids is 1. The van der Waals surface area contributed by atoms with E-state index in [0.717, 1.165) is 33.9 Å². The van der Waals surface area contributed by atoms with Crippen LogP contribution in [0.3, 0.4) is 0 Å². The van der Waals surface area contributed by atoms with Gasteiger partial charge in [-0.2, -0.15) is 0 Å². The molecule has 0 saturated carbocycles. The predicted molar refractivity (Wildman–Crippen MR) is 87.0 cm³/mol. The Morgan fingerprint density at radius 1 is 1.05 bits per heavy atom. The van der Waals surface area contributed by atoms with Crippen LogP contribution in [-0.2, 0) is 4.79 Å².